The monoisotopic (exact) mass is 177 g/mol. The van der Waals surface area contributed by atoms with E-state index in [0.29, 0.717) is 5.69 Å². The number of carbonyl (C=O) groups is 1. The molecule has 0 atom stereocenters. The molecule has 0 aliphatic carbocycles. The third kappa shape index (κ3) is 1.93. The Kier molecular flexibility index (Phi) is 2.45. The number of pyridine rings is 1. The summed E-state index contributed by atoms with van der Waals surface area (Å²) in [5.74, 6) is 0. The van der Waals surface area contributed by atoms with Gasteiger partial charge in [-0.1, -0.05) is 0 Å². The number of carboxylic acid groups (broad SMARTS) is 1. The lowest BCUT2D eigenvalue weighted by molar-refractivity contribution is 0.203. The molecule has 0 unspecified atom stereocenters. The molecule has 5 nitrogen and oxygen atoms in total. The predicted octanol–water partition coefficient (Wildman–Crippen LogP) is 1.07. The molecular weight excluding hydrogens is 170 g/mol. The fraction of sp³-hybridized carbons (Fsp3) is 0.125. The van der Waals surface area contributed by atoms with E-state index in [4.69, 9.17) is 10.4 Å². The molecule has 1 rings (SSSR count). The molecule has 1 amide bonds. The van der Waals surface area contributed by atoms with E-state index in [1.54, 1.807) is 0 Å². The molecule has 0 spiro atoms. The molecule has 13 heavy (non-hydrogen) atoms. The molecular formula is C8H7N3O2. The van der Waals surface area contributed by atoms with Gasteiger partial charge in [-0.2, -0.15) is 5.26 Å². The minimum Gasteiger partial charge on any atom is -0.465 e. The number of nitrogens with zero attached hydrogens (tertiary/aromatic N) is 3. The zero-order valence-corrected chi connectivity index (χ0v) is 6.93. The van der Waals surface area contributed by atoms with E-state index in [9.17, 15) is 4.79 Å². The Balaban J connectivity index is 2.93. The molecule has 0 radical (unpaired) electrons. The van der Waals surface area contributed by atoms with Gasteiger partial charge in [0.25, 0.3) is 0 Å². The molecule has 0 aliphatic rings. The van der Waals surface area contributed by atoms with E-state index in [-0.39, 0.29) is 5.69 Å². The Labute approximate surface area is 74.9 Å². The SMILES string of the molecule is CN(C(=O)O)c1ccc(C#N)nc1. The summed E-state index contributed by atoms with van der Waals surface area (Å²) in [7, 11) is 1.41. The molecule has 1 aromatic rings. The quantitative estimate of drug-likeness (QED) is 0.695. The summed E-state index contributed by atoms with van der Waals surface area (Å²) >= 11 is 0. The predicted molar refractivity (Wildman–Crippen MR) is 45.4 cm³/mol. The number of hydrogen-bond donors (Lipinski definition) is 1. The van der Waals surface area contributed by atoms with Gasteiger partial charge in [0.15, 0.2) is 0 Å². The van der Waals surface area contributed by atoms with Crippen molar-refractivity contribution in [2.24, 2.45) is 0 Å². The van der Waals surface area contributed by atoms with E-state index < -0.39 is 6.09 Å². The molecule has 1 aromatic heterocycles. The van der Waals surface area contributed by atoms with Crippen molar-refractivity contribution in [1.29, 1.82) is 5.26 Å². The Bertz CT molecular complexity index is 353. The lowest BCUT2D eigenvalue weighted by atomic mass is 10.3. The summed E-state index contributed by atoms with van der Waals surface area (Å²) in [5, 5.41) is 17.0. The van der Waals surface area contributed by atoms with Crippen LogP contribution in [0.1, 0.15) is 5.69 Å². The maximum absolute atomic E-state index is 10.5. The van der Waals surface area contributed by atoms with E-state index in [2.05, 4.69) is 4.98 Å². The zero-order valence-electron chi connectivity index (χ0n) is 6.93. The van der Waals surface area contributed by atoms with Crippen LogP contribution in [0.25, 0.3) is 0 Å². The summed E-state index contributed by atoms with van der Waals surface area (Å²) < 4.78 is 0. The molecule has 66 valence electrons. The third-order valence-corrected chi connectivity index (χ3v) is 1.54. The minimum absolute atomic E-state index is 0.266. The third-order valence-electron chi connectivity index (χ3n) is 1.54. The van der Waals surface area contributed by atoms with Crippen molar-refractivity contribution in [3.05, 3.63) is 24.0 Å². The number of rotatable bonds is 1. The maximum Gasteiger partial charge on any atom is 0.411 e. The van der Waals surface area contributed by atoms with Gasteiger partial charge < -0.3 is 5.11 Å². The summed E-state index contributed by atoms with van der Waals surface area (Å²) in [4.78, 5) is 15.2. The summed E-state index contributed by atoms with van der Waals surface area (Å²) in [6, 6.07) is 4.84. The Morgan fingerprint density at radius 2 is 2.38 bits per heavy atom. The molecule has 5 heteroatoms. The molecule has 0 aliphatic heterocycles. The Hall–Kier alpha value is -2.09. The molecule has 0 aromatic carbocycles. The van der Waals surface area contributed by atoms with Crippen LogP contribution in [-0.2, 0) is 0 Å². The first-order valence-electron chi connectivity index (χ1n) is 3.48. The second-order valence-corrected chi connectivity index (χ2v) is 2.36. The van der Waals surface area contributed by atoms with Crippen molar-refractivity contribution in [3.63, 3.8) is 0 Å². The molecule has 1 heterocycles. The summed E-state index contributed by atoms with van der Waals surface area (Å²) in [6.07, 6.45) is 0.277. The number of anilines is 1. The van der Waals surface area contributed by atoms with Gasteiger partial charge in [0.2, 0.25) is 0 Å². The van der Waals surface area contributed by atoms with Crippen LogP contribution in [0.15, 0.2) is 18.3 Å². The van der Waals surface area contributed by atoms with Crippen molar-refractivity contribution in [1.82, 2.24) is 4.98 Å². The Morgan fingerprint density at radius 1 is 1.69 bits per heavy atom. The molecule has 1 N–H and O–H groups in total. The van der Waals surface area contributed by atoms with E-state index >= 15 is 0 Å². The first kappa shape index (κ1) is 9.00. The van der Waals surface area contributed by atoms with Crippen molar-refractivity contribution in [2.75, 3.05) is 11.9 Å². The highest BCUT2D eigenvalue weighted by molar-refractivity contribution is 5.84. The molecule has 0 bridgehead atoms. The van der Waals surface area contributed by atoms with Gasteiger partial charge in [-0.15, -0.1) is 0 Å². The normalized spacial score (nSPS) is 8.92. The van der Waals surface area contributed by atoms with Crippen LogP contribution in [-0.4, -0.2) is 23.2 Å². The standard InChI is InChI=1S/C8H7N3O2/c1-11(8(12)13)7-3-2-6(4-9)10-5-7/h2-3,5H,1H3,(H,12,13). The lowest BCUT2D eigenvalue weighted by Crippen LogP contribution is -2.23. The van der Waals surface area contributed by atoms with Crippen LogP contribution in [0.2, 0.25) is 0 Å². The van der Waals surface area contributed by atoms with Crippen LogP contribution in [0.5, 0.6) is 0 Å². The van der Waals surface area contributed by atoms with E-state index in [0.717, 1.165) is 4.90 Å². The number of hydrogen-bond acceptors (Lipinski definition) is 3. The number of nitriles is 1. The first-order chi connectivity index (χ1) is 6.15. The van der Waals surface area contributed by atoms with Crippen LogP contribution < -0.4 is 4.90 Å². The fourth-order valence-corrected chi connectivity index (χ4v) is 0.761. The highest BCUT2D eigenvalue weighted by Gasteiger charge is 2.07. The van der Waals surface area contributed by atoms with Crippen LogP contribution in [0.4, 0.5) is 10.5 Å². The minimum atomic E-state index is -1.06. The van der Waals surface area contributed by atoms with Crippen molar-refractivity contribution in [2.45, 2.75) is 0 Å². The largest absolute Gasteiger partial charge is 0.465 e. The second kappa shape index (κ2) is 3.54. The van der Waals surface area contributed by atoms with Crippen LogP contribution in [0, 0.1) is 11.3 Å². The Morgan fingerprint density at radius 3 is 2.77 bits per heavy atom. The number of aromatic nitrogens is 1. The maximum atomic E-state index is 10.5. The molecule has 0 saturated carbocycles. The van der Waals surface area contributed by atoms with Gasteiger partial charge in [-0.3, -0.25) is 4.90 Å². The summed E-state index contributed by atoms with van der Waals surface area (Å²) in [6.45, 7) is 0. The summed E-state index contributed by atoms with van der Waals surface area (Å²) in [5.41, 5.74) is 0.703. The molecule has 0 saturated heterocycles. The first-order valence-corrected chi connectivity index (χ1v) is 3.48. The van der Waals surface area contributed by atoms with Crippen LogP contribution >= 0.6 is 0 Å². The second-order valence-electron chi connectivity index (χ2n) is 2.36. The van der Waals surface area contributed by atoms with Crippen LogP contribution in [0.3, 0.4) is 0 Å². The van der Waals surface area contributed by atoms with E-state index in [1.807, 2.05) is 6.07 Å². The van der Waals surface area contributed by atoms with Crippen molar-refractivity contribution >= 4 is 11.8 Å². The van der Waals surface area contributed by atoms with Gasteiger partial charge in [0.05, 0.1) is 11.9 Å². The van der Waals surface area contributed by atoms with Gasteiger partial charge in [-0.25, -0.2) is 9.78 Å². The smallest absolute Gasteiger partial charge is 0.411 e. The topological polar surface area (TPSA) is 77.2 Å². The number of amides is 1. The lowest BCUT2D eigenvalue weighted by Gasteiger charge is -2.11. The highest BCUT2D eigenvalue weighted by atomic mass is 16.4. The zero-order chi connectivity index (χ0) is 9.84. The molecule has 0 fully saturated rings. The van der Waals surface area contributed by atoms with Gasteiger partial charge >= 0.3 is 6.09 Å². The van der Waals surface area contributed by atoms with Gasteiger partial charge in [0.1, 0.15) is 11.8 Å². The van der Waals surface area contributed by atoms with E-state index in [1.165, 1.54) is 25.4 Å². The van der Waals surface area contributed by atoms with Crippen molar-refractivity contribution < 1.29 is 9.90 Å². The highest BCUT2D eigenvalue weighted by Crippen LogP contribution is 2.10. The average molecular weight is 177 g/mol. The van der Waals surface area contributed by atoms with Gasteiger partial charge in [0, 0.05) is 7.05 Å². The average Bonchev–Trinajstić information content (AvgIpc) is 2.17. The fourth-order valence-electron chi connectivity index (χ4n) is 0.761. The van der Waals surface area contributed by atoms with Gasteiger partial charge in [-0.05, 0) is 12.1 Å². The van der Waals surface area contributed by atoms with Crippen molar-refractivity contribution in [3.8, 4) is 6.07 Å².